The standard InChI is InChI=1S/C26H23NO8/c1-3-33-25(29)23(26(30)34-4-2)21-15-12-18(16-22(21)27(31)32)24(28)17-10-13-20(14-11-17)35-19-8-6-5-7-9-19/h5-16,23H,3-4H2,1-2H3. The Labute approximate surface area is 201 Å². The van der Waals surface area contributed by atoms with Crippen molar-refractivity contribution in [1.82, 2.24) is 0 Å². The van der Waals surface area contributed by atoms with Crippen molar-refractivity contribution in [2.75, 3.05) is 13.2 Å². The van der Waals surface area contributed by atoms with E-state index in [0.717, 1.165) is 6.07 Å². The van der Waals surface area contributed by atoms with Gasteiger partial charge < -0.3 is 14.2 Å². The van der Waals surface area contributed by atoms with E-state index in [-0.39, 0.29) is 29.9 Å². The maximum Gasteiger partial charge on any atom is 0.325 e. The summed E-state index contributed by atoms with van der Waals surface area (Å²) >= 11 is 0. The summed E-state index contributed by atoms with van der Waals surface area (Å²) in [5.74, 6) is -2.91. The largest absolute Gasteiger partial charge is 0.465 e. The quantitative estimate of drug-likeness (QED) is 0.134. The molecule has 0 heterocycles. The van der Waals surface area contributed by atoms with E-state index in [0.29, 0.717) is 11.5 Å². The zero-order valence-electron chi connectivity index (χ0n) is 19.1. The third-order valence-corrected chi connectivity index (χ3v) is 4.94. The molecule has 0 saturated carbocycles. The molecule has 0 aliphatic rings. The normalized spacial score (nSPS) is 10.5. The van der Waals surface area contributed by atoms with Crippen LogP contribution >= 0.6 is 0 Å². The van der Waals surface area contributed by atoms with Gasteiger partial charge in [-0.05, 0) is 56.3 Å². The highest BCUT2D eigenvalue weighted by atomic mass is 16.6. The molecular formula is C26H23NO8. The van der Waals surface area contributed by atoms with Crippen LogP contribution in [0.3, 0.4) is 0 Å². The third kappa shape index (κ3) is 6.08. The predicted octanol–water partition coefficient (Wildman–Crippen LogP) is 4.83. The summed E-state index contributed by atoms with van der Waals surface area (Å²) in [6.07, 6.45) is 0. The molecule has 9 nitrogen and oxygen atoms in total. The molecule has 0 bridgehead atoms. The molecule has 35 heavy (non-hydrogen) atoms. The van der Waals surface area contributed by atoms with Gasteiger partial charge in [-0.25, -0.2) is 0 Å². The molecule has 0 aliphatic heterocycles. The lowest BCUT2D eigenvalue weighted by molar-refractivity contribution is -0.385. The van der Waals surface area contributed by atoms with Crippen molar-refractivity contribution >= 4 is 23.4 Å². The molecule has 0 amide bonds. The van der Waals surface area contributed by atoms with Crippen molar-refractivity contribution < 1.29 is 33.5 Å². The van der Waals surface area contributed by atoms with E-state index in [1.807, 2.05) is 18.2 Å². The first-order chi connectivity index (χ1) is 16.8. The lowest BCUT2D eigenvalue weighted by atomic mass is 9.93. The van der Waals surface area contributed by atoms with Crippen LogP contribution in [0.1, 0.15) is 41.3 Å². The highest BCUT2D eigenvalue weighted by molar-refractivity contribution is 6.10. The van der Waals surface area contributed by atoms with Gasteiger partial charge in [-0.2, -0.15) is 0 Å². The first kappa shape index (κ1) is 25.1. The molecule has 0 aromatic heterocycles. The Balaban J connectivity index is 1.91. The van der Waals surface area contributed by atoms with Crippen LogP contribution in [0, 0.1) is 10.1 Å². The molecule has 180 valence electrons. The number of esters is 2. The summed E-state index contributed by atoms with van der Waals surface area (Å²) < 4.78 is 15.5. The van der Waals surface area contributed by atoms with E-state index >= 15 is 0 Å². The summed E-state index contributed by atoms with van der Waals surface area (Å²) in [5.41, 5.74) is -0.482. The van der Waals surface area contributed by atoms with Crippen molar-refractivity contribution in [1.29, 1.82) is 0 Å². The number of ether oxygens (including phenoxy) is 3. The van der Waals surface area contributed by atoms with Crippen molar-refractivity contribution in [3.8, 4) is 11.5 Å². The zero-order chi connectivity index (χ0) is 25.4. The zero-order valence-corrected chi connectivity index (χ0v) is 19.1. The average molecular weight is 477 g/mol. The van der Waals surface area contributed by atoms with Crippen LogP contribution in [-0.4, -0.2) is 35.9 Å². The smallest absolute Gasteiger partial charge is 0.325 e. The van der Waals surface area contributed by atoms with Crippen molar-refractivity contribution in [2.24, 2.45) is 0 Å². The lowest BCUT2D eigenvalue weighted by Crippen LogP contribution is -2.27. The maximum atomic E-state index is 13.0. The van der Waals surface area contributed by atoms with Gasteiger partial charge in [0.1, 0.15) is 11.5 Å². The van der Waals surface area contributed by atoms with E-state index < -0.39 is 34.3 Å². The fourth-order valence-electron chi connectivity index (χ4n) is 3.35. The second-order valence-corrected chi connectivity index (χ2v) is 7.24. The number of nitro groups is 1. The van der Waals surface area contributed by atoms with E-state index in [9.17, 15) is 24.5 Å². The minimum atomic E-state index is -1.64. The van der Waals surface area contributed by atoms with Gasteiger partial charge in [0.2, 0.25) is 0 Å². The monoisotopic (exact) mass is 477 g/mol. The molecule has 0 fully saturated rings. The summed E-state index contributed by atoms with van der Waals surface area (Å²) in [6, 6.07) is 19.0. The Hall–Kier alpha value is -4.53. The van der Waals surface area contributed by atoms with Gasteiger partial charge in [0.25, 0.3) is 5.69 Å². The van der Waals surface area contributed by atoms with Gasteiger partial charge in [0, 0.05) is 17.2 Å². The van der Waals surface area contributed by atoms with Crippen molar-refractivity contribution in [3.63, 3.8) is 0 Å². The highest BCUT2D eigenvalue weighted by Crippen LogP contribution is 2.31. The number of hydrogen-bond acceptors (Lipinski definition) is 8. The van der Waals surface area contributed by atoms with Crippen LogP contribution in [0.5, 0.6) is 11.5 Å². The van der Waals surface area contributed by atoms with Crippen molar-refractivity contribution in [3.05, 3.63) is 99.6 Å². The van der Waals surface area contributed by atoms with E-state index in [1.165, 1.54) is 12.1 Å². The van der Waals surface area contributed by atoms with E-state index in [2.05, 4.69) is 0 Å². The van der Waals surface area contributed by atoms with Gasteiger partial charge in [-0.15, -0.1) is 0 Å². The second-order valence-electron chi connectivity index (χ2n) is 7.24. The van der Waals surface area contributed by atoms with Crippen LogP contribution in [0.2, 0.25) is 0 Å². The fourth-order valence-corrected chi connectivity index (χ4v) is 3.35. The molecule has 0 radical (unpaired) electrons. The number of hydrogen-bond donors (Lipinski definition) is 0. The molecule has 0 unspecified atom stereocenters. The molecule has 3 rings (SSSR count). The molecule has 3 aromatic rings. The van der Waals surface area contributed by atoms with Gasteiger partial charge in [0.15, 0.2) is 11.7 Å². The number of carbonyl (C=O) groups excluding carboxylic acids is 3. The van der Waals surface area contributed by atoms with Gasteiger partial charge >= 0.3 is 11.9 Å². The molecule has 0 aliphatic carbocycles. The van der Waals surface area contributed by atoms with Crippen LogP contribution in [-0.2, 0) is 19.1 Å². The molecular weight excluding hydrogens is 454 g/mol. The Morgan fingerprint density at radius 2 is 1.34 bits per heavy atom. The minimum absolute atomic E-state index is 0.0173. The van der Waals surface area contributed by atoms with Gasteiger partial charge in [-0.1, -0.05) is 24.3 Å². The minimum Gasteiger partial charge on any atom is -0.465 e. The average Bonchev–Trinajstić information content (AvgIpc) is 2.85. The summed E-state index contributed by atoms with van der Waals surface area (Å²) in [5, 5.41) is 11.8. The van der Waals surface area contributed by atoms with Gasteiger partial charge in [-0.3, -0.25) is 24.5 Å². The molecule has 0 saturated heterocycles. The number of benzene rings is 3. The number of ketones is 1. The summed E-state index contributed by atoms with van der Waals surface area (Å²) in [4.78, 5) is 48.9. The Morgan fingerprint density at radius 3 is 1.89 bits per heavy atom. The number of carbonyl (C=O) groups is 3. The van der Waals surface area contributed by atoms with Crippen molar-refractivity contribution in [2.45, 2.75) is 19.8 Å². The third-order valence-electron chi connectivity index (χ3n) is 4.94. The predicted molar refractivity (Wildman–Crippen MR) is 125 cm³/mol. The first-order valence-corrected chi connectivity index (χ1v) is 10.8. The van der Waals surface area contributed by atoms with Crippen LogP contribution in [0.15, 0.2) is 72.8 Å². The van der Waals surface area contributed by atoms with Crippen LogP contribution in [0.25, 0.3) is 0 Å². The molecule has 0 N–H and O–H groups in total. The van der Waals surface area contributed by atoms with Crippen LogP contribution < -0.4 is 4.74 Å². The molecule has 0 atom stereocenters. The number of nitrogens with zero attached hydrogens (tertiary/aromatic N) is 1. The molecule has 0 spiro atoms. The Morgan fingerprint density at radius 1 is 0.800 bits per heavy atom. The van der Waals surface area contributed by atoms with E-state index in [1.54, 1.807) is 50.2 Å². The first-order valence-electron chi connectivity index (χ1n) is 10.8. The second kappa shape index (κ2) is 11.6. The summed E-state index contributed by atoms with van der Waals surface area (Å²) in [6.45, 7) is 3.05. The number of nitro benzene ring substituents is 1. The topological polar surface area (TPSA) is 122 Å². The van der Waals surface area contributed by atoms with Crippen LogP contribution in [0.4, 0.5) is 5.69 Å². The Kier molecular flexibility index (Phi) is 8.29. The molecule has 9 heteroatoms. The molecule has 3 aromatic carbocycles. The van der Waals surface area contributed by atoms with E-state index in [4.69, 9.17) is 14.2 Å². The fraction of sp³-hybridized carbons (Fsp3) is 0.192. The number of para-hydroxylation sites is 1. The number of rotatable bonds is 10. The van der Waals surface area contributed by atoms with Gasteiger partial charge in [0.05, 0.1) is 23.7 Å². The Bertz CT molecular complexity index is 1200. The summed E-state index contributed by atoms with van der Waals surface area (Å²) in [7, 11) is 0. The highest BCUT2D eigenvalue weighted by Gasteiger charge is 2.37. The lowest BCUT2D eigenvalue weighted by Gasteiger charge is -2.15. The SMILES string of the molecule is CCOC(=O)C(C(=O)OCC)c1ccc(C(=O)c2ccc(Oc3ccccc3)cc2)cc1[N+](=O)[O-]. The maximum absolute atomic E-state index is 13.0.